The normalized spacial score (nSPS) is 16.6. The highest BCUT2D eigenvalue weighted by molar-refractivity contribution is 9.10. The Hall–Kier alpha value is -0.870. The van der Waals surface area contributed by atoms with Gasteiger partial charge in [-0.3, -0.25) is 4.79 Å². The van der Waals surface area contributed by atoms with E-state index >= 15 is 0 Å². The smallest absolute Gasteiger partial charge is 0.251 e. The summed E-state index contributed by atoms with van der Waals surface area (Å²) in [6, 6.07) is 5.78. The minimum Gasteiger partial charge on any atom is -0.350 e. The number of rotatable bonds is 4. The molecule has 0 heterocycles. The van der Waals surface area contributed by atoms with Crippen molar-refractivity contribution in [3.05, 3.63) is 33.8 Å². The molecular formula is C13H17BrN2O. The Bertz CT molecular complexity index is 409. The number of carbonyl (C=O) groups excluding carboxylic acids is 1. The molecule has 1 aromatic carbocycles. The van der Waals surface area contributed by atoms with E-state index in [0.717, 1.165) is 10.0 Å². The molecule has 0 spiro atoms. The SMILES string of the molecule is Cc1cc(Br)cc(C(=O)NCC(N)C2CC2)c1. The Morgan fingerprint density at radius 2 is 2.24 bits per heavy atom. The fourth-order valence-corrected chi connectivity index (χ4v) is 2.48. The van der Waals surface area contributed by atoms with Crippen molar-refractivity contribution in [2.45, 2.75) is 25.8 Å². The number of nitrogens with one attached hydrogen (secondary N) is 1. The number of nitrogens with two attached hydrogens (primary N) is 1. The third-order valence-corrected chi connectivity index (χ3v) is 3.49. The quantitative estimate of drug-likeness (QED) is 0.895. The molecule has 2 rings (SSSR count). The van der Waals surface area contributed by atoms with Gasteiger partial charge in [-0.2, -0.15) is 0 Å². The van der Waals surface area contributed by atoms with Crippen molar-refractivity contribution >= 4 is 21.8 Å². The molecule has 0 saturated heterocycles. The van der Waals surface area contributed by atoms with Crippen molar-refractivity contribution < 1.29 is 4.79 Å². The summed E-state index contributed by atoms with van der Waals surface area (Å²) in [7, 11) is 0. The summed E-state index contributed by atoms with van der Waals surface area (Å²) < 4.78 is 0.925. The van der Waals surface area contributed by atoms with E-state index in [2.05, 4.69) is 21.2 Å². The number of carbonyl (C=O) groups is 1. The lowest BCUT2D eigenvalue weighted by Crippen LogP contribution is -2.38. The topological polar surface area (TPSA) is 55.1 Å². The molecule has 1 atom stereocenters. The van der Waals surface area contributed by atoms with Crippen molar-refractivity contribution in [3.8, 4) is 0 Å². The van der Waals surface area contributed by atoms with Crippen LogP contribution in [0.2, 0.25) is 0 Å². The molecule has 0 radical (unpaired) electrons. The molecule has 3 nitrogen and oxygen atoms in total. The van der Waals surface area contributed by atoms with Crippen LogP contribution in [0.1, 0.15) is 28.8 Å². The van der Waals surface area contributed by atoms with Gasteiger partial charge in [0.1, 0.15) is 0 Å². The number of benzene rings is 1. The molecule has 1 fully saturated rings. The van der Waals surface area contributed by atoms with Gasteiger partial charge in [0.15, 0.2) is 0 Å². The van der Waals surface area contributed by atoms with Crippen LogP contribution in [0.25, 0.3) is 0 Å². The Labute approximate surface area is 110 Å². The van der Waals surface area contributed by atoms with E-state index in [1.165, 1.54) is 12.8 Å². The number of hydrogen-bond acceptors (Lipinski definition) is 2. The van der Waals surface area contributed by atoms with Gasteiger partial charge in [-0.15, -0.1) is 0 Å². The first-order chi connectivity index (χ1) is 8.06. The molecule has 1 aliphatic rings. The molecule has 1 saturated carbocycles. The second kappa shape index (κ2) is 5.19. The third-order valence-electron chi connectivity index (χ3n) is 3.03. The van der Waals surface area contributed by atoms with Crippen LogP contribution >= 0.6 is 15.9 Å². The summed E-state index contributed by atoms with van der Waals surface area (Å²) in [5.74, 6) is 0.560. The average Bonchev–Trinajstić information content (AvgIpc) is 3.07. The lowest BCUT2D eigenvalue weighted by Gasteiger charge is -2.12. The number of aryl methyl sites for hydroxylation is 1. The summed E-state index contributed by atoms with van der Waals surface area (Å²) in [6.07, 6.45) is 2.40. The number of halogens is 1. The molecule has 0 bridgehead atoms. The molecule has 1 aromatic rings. The van der Waals surface area contributed by atoms with Gasteiger partial charge in [0.05, 0.1) is 0 Å². The van der Waals surface area contributed by atoms with E-state index in [-0.39, 0.29) is 11.9 Å². The monoisotopic (exact) mass is 296 g/mol. The van der Waals surface area contributed by atoms with E-state index in [0.29, 0.717) is 18.0 Å². The summed E-state index contributed by atoms with van der Waals surface area (Å²) >= 11 is 3.39. The Morgan fingerprint density at radius 1 is 1.53 bits per heavy atom. The van der Waals surface area contributed by atoms with Gasteiger partial charge < -0.3 is 11.1 Å². The second-order valence-electron chi connectivity index (χ2n) is 4.73. The summed E-state index contributed by atoms with van der Waals surface area (Å²) in [4.78, 5) is 11.9. The van der Waals surface area contributed by atoms with Crippen molar-refractivity contribution in [1.82, 2.24) is 5.32 Å². The van der Waals surface area contributed by atoms with Gasteiger partial charge >= 0.3 is 0 Å². The van der Waals surface area contributed by atoms with Crippen LogP contribution in [0.3, 0.4) is 0 Å². The van der Waals surface area contributed by atoms with Crippen LogP contribution < -0.4 is 11.1 Å². The van der Waals surface area contributed by atoms with Crippen LogP contribution in [0.15, 0.2) is 22.7 Å². The highest BCUT2D eigenvalue weighted by Crippen LogP contribution is 2.31. The van der Waals surface area contributed by atoms with Crippen LogP contribution in [0.5, 0.6) is 0 Å². The molecule has 92 valence electrons. The van der Waals surface area contributed by atoms with Crippen LogP contribution in [-0.4, -0.2) is 18.5 Å². The van der Waals surface area contributed by atoms with E-state index in [9.17, 15) is 4.79 Å². The maximum Gasteiger partial charge on any atom is 0.251 e. The molecule has 0 aliphatic heterocycles. The predicted octanol–water partition coefficient (Wildman–Crippen LogP) is 2.22. The lowest BCUT2D eigenvalue weighted by atomic mass is 10.1. The zero-order chi connectivity index (χ0) is 12.4. The highest BCUT2D eigenvalue weighted by atomic mass is 79.9. The average molecular weight is 297 g/mol. The zero-order valence-corrected chi connectivity index (χ0v) is 11.5. The third kappa shape index (κ3) is 3.54. The zero-order valence-electron chi connectivity index (χ0n) is 9.87. The summed E-state index contributed by atoms with van der Waals surface area (Å²) in [6.45, 7) is 2.53. The first-order valence-corrected chi connectivity index (χ1v) is 6.66. The van der Waals surface area contributed by atoms with Gasteiger partial charge in [0, 0.05) is 22.6 Å². The van der Waals surface area contributed by atoms with E-state index in [1.807, 2.05) is 25.1 Å². The molecule has 4 heteroatoms. The van der Waals surface area contributed by atoms with E-state index in [1.54, 1.807) is 0 Å². The summed E-state index contributed by atoms with van der Waals surface area (Å²) in [5, 5.41) is 2.89. The first-order valence-electron chi connectivity index (χ1n) is 5.87. The van der Waals surface area contributed by atoms with Gasteiger partial charge in [0.2, 0.25) is 0 Å². The summed E-state index contributed by atoms with van der Waals surface area (Å²) in [5.41, 5.74) is 7.69. The maximum absolute atomic E-state index is 11.9. The fourth-order valence-electron chi connectivity index (χ4n) is 1.87. The van der Waals surface area contributed by atoms with Crippen LogP contribution in [-0.2, 0) is 0 Å². The van der Waals surface area contributed by atoms with Gasteiger partial charge in [-0.25, -0.2) is 0 Å². The van der Waals surface area contributed by atoms with Gasteiger partial charge in [0.25, 0.3) is 5.91 Å². The number of amides is 1. The first kappa shape index (κ1) is 12.6. The van der Waals surface area contributed by atoms with Crippen molar-refractivity contribution in [2.75, 3.05) is 6.54 Å². The standard InChI is InChI=1S/C13H17BrN2O/c1-8-4-10(6-11(14)5-8)13(17)16-7-12(15)9-2-3-9/h4-6,9,12H,2-3,7,15H2,1H3,(H,16,17). The second-order valence-corrected chi connectivity index (χ2v) is 5.64. The van der Waals surface area contributed by atoms with Gasteiger partial charge in [-0.05, 0) is 49.4 Å². The Balaban J connectivity index is 1.94. The Kier molecular flexibility index (Phi) is 3.84. The van der Waals surface area contributed by atoms with Crippen molar-refractivity contribution in [1.29, 1.82) is 0 Å². The molecule has 1 aliphatic carbocycles. The molecule has 0 aromatic heterocycles. The van der Waals surface area contributed by atoms with E-state index < -0.39 is 0 Å². The van der Waals surface area contributed by atoms with Gasteiger partial charge in [-0.1, -0.05) is 15.9 Å². The van der Waals surface area contributed by atoms with Crippen molar-refractivity contribution in [3.63, 3.8) is 0 Å². The fraction of sp³-hybridized carbons (Fsp3) is 0.462. The molecular weight excluding hydrogens is 280 g/mol. The Morgan fingerprint density at radius 3 is 2.82 bits per heavy atom. The largest absolute Gasteiger partial charge is 0.350 e. The number of hydrogen-bond donors (Lipinski definition) is 2. The molecule has 1 amide bonds. The molecule has 3 N–H and O–H groups in total. The molecule has 1 unspecified atom stereocenters. The maximum atomic E-state index is 11.9. The minimum absolute atomic E-state index is 0.0505. The van der Waals surface area contributed by atoms with Crippen molar-refractivity contribution in [2.24, 2.45) is 11.7 Å². The minimum atomic E-state index is -0.0505. The predicted molar refractivity (Wildman–Crippen MR) is 71.9 cm³/mol. The highest BCUT2D eigenvalue weighted by Gasteiger charge is 2.28. The van der Waals surface area contributed by atoms with Crippen LogP contribution in [0.4, 0.5) is 0 Å². The van der Waals surface area contributed by atoms with Crippen LogP contribution in [0, 0.1) is 12.8 Å². The lowest BCUT2D eigenvalue weighted by molar-refractivity contribution is 0.0950. The molecule has 17 heavy (non-hydrogen) atoms. The van der Waals surface area contributed by atoms with E-state index in [4.69, 9.17) is 5.73 Å².